The Morgan fingerprint density at radius 1 is 1.33 bits per heavy atom. The minimum absolute atomic E-state index is 0.184. The summed E-state index contributed by atoms with van der Waals surface area (Å²) in [6, 6.07) is 0. The van der Waals surface area contributed by atoms with Crippen molar-refractivity contribution in [3.8, 4) is 0 Å². The Morgan fingerprint density at radius 2 is 1.93 bits per heavy atom. The Morgan fingerprint density at radius 3 is 2.33 bits per heavy atom. The van der Waals surface area contributed by atoms with Crippen LogP contribution in [0.15, 0.2) is 11.6 Å². The predicted octanol–water partition coefficient (Wildman–Crippen LogP) is 0.503. The zero-order chi connectivity index (χ0) is 11.8. The molecule has 0 radical (unpaired) electrons. The summed E-state index contributed by atoms with van der Waals surface area (Å²) in [5.74, 6) is -2.00. The van der Waals surface area contributed by atoms with Crippen LogP contribution in [0.25, 0.3) is 0 Å². The predicted molar refractivity (Wildman–Crippen MR) is 54.3 cm³/mol. The number of aliphatic carboxylic acids is 1. The third-order valence-corrected chi connectivity index (χ3v) is 1.57. The fourth-order valence-corrected chi connectivity index (χ4v) is 0.914. The van der Waals surface area contributed by atoms with E-state index < -0.39 is 11.9 Å². The smallest absolute Gasteiger partial charge is 0.332 e. The molecule has 1 amide bonds. The van der Waals surface area contributed by atoms with Gasteiger partial charge in [0.2, 0.25) is 5.91 Å². The lowest BCUT2D eigenvalue weighted by molar-refractivity contribution is -0.134. The largest absolute Gasteiger partial charge is 0.478 e. The lowest BCUT2D eigenvalue weighted by atomic mass is 10.1. The molecule has 0 aliphatic carbocycles. The molecule has 2 N–H and O–H groups in total. The average molecular weight is 213 g/mol. The number of rotatable bonds is 6. The van der Waals surface area contributed by atoms with Crippen molar-refractivity contribution in [2.75, 3.05) is 6.54 Å². The SMILES string of the molecule is CCCNC(=O)/C=C(/CC(C)=O)C(=O)O. The Balaban J connectivity index is 4.46. The Kier molecular flexibility index (Phi) is 6.01. The van der Waals surface area contributed by atoms with Gasteiger partial charge in [0, 0.05) is 24.6 Å². The van der Waals surface area contributed by atoms with Crippen molar-refractivity contribution in [1.29, 1.82) is 0 Å². The molecule has 0 fully saturated rings. The van der Waals surface area contributed by atoms with Crippen LogP contribution in [0.4, 0.5) is 0 Å². The average Bonchev–Trinajstić information content (AvgIpc) is 2.12. The van der Waals surface area contributed by atoms with Gasteiger partial charge in [-0.1, -0.05) is 6.92 Å². The van der Waals surface area contributed by atoms with E-state index in [0.717, 1.165) is 12.5 Å². The van der Waals surface area contributed by atoms with Crippen molar-refractivity contribution in [2.24, 2.45) is 0 Å². The van der Waals surface area contributed by atoms with Crippen LogP contribution in [0.1, 0.15) is 26.7 Å². The van der Waals surface area contributed by atoms with Gasteiger partial charge in [-0.3, -0.25) is 9.59 Å². The van der Waals surface area contributed by atoms with Gasteiger partial charge >= 0.3 is 5.97 Å². The number of hydrogen-bond acceptors (Lipinski definition) is 3. The second kappa shape index (κ2) is 6.75. The summed E-state index contributed by atoms with van der Waals surface area (Å²) in [5, 5.41) is 11.2. The summed E-state index contributed by atoms with van der Waals surface area (Å²) in [6.45, 7) is 3.65. The molecule has 15 heavy (non-hydrogen) atoms. The number of carboxylic acids is 1. The molecule has 0 spiro atoms. The fourth-order valence-electron chi connectivity index (χ4n) is 0.914. The highest BCUT2D eigenvalue weighted by atomic mass is 16.4. The Labute approximate surface area is 88.2 Å². The quantitative estimate of drug-likeness (QED) is 0.629. The molecule has 0 saturated carbocycles. The summed E-state index contributed by atoms with van der Waals surface area (Å²) < 4.78 is 0. The molecule has 5 heteroatoms. The number of hydrogen-bond donors (Lipinski definition) is 2. The van der Waals surface area contributed by atoms with Crippen LogP contribution in [-0.4, -0.2) is 29.3 Å². The molecule has 0 aliphatic rings. The normalized spacial score (nSPS) is 10.9. The molecule has 0 unspecified atom stereocenters. The highest BCUT2D eigenvalue weighted by Crippen LogP contribution is 2.02. The highest BCUT2D eigenvalue weighted by Gasteiger charge is 2.11. The monoisotopic (exact) mass is 213 g/mol. The highest BCUT2D eigenvalue weighted by molar-refractivity contribution is 6.01. The minimum Gasteiger partial charge on any atom is -0.478 e. The number of Topliss-reactive ketones (excluding diaryl/α,β-unsaturated/α-hetero) is 1. The van der Waals surface area contributed by atoms with E-state index in [1.165, 1.54) is 6.92 Å². The van der Waals surface area contributed by atoms with E-state index in [0.29, 0.717) is 6.54 Å². The maximum Gasteiger partial charge on any atom is 0.332 e. The molecule has 5 nitrogen and oxygen atoms in total. The summed E-state index contributed by atoms with van der Waals surface area (Å²) >= 11 is 0. The molecular formula is C10H15NO4. The van der Waals surface area contributed by atoms with Gasteiger partial charge < -0.3 is 10.4 Å². The number of carboxylic acid groups (broad SMARTS) is 1. The van der Waals surface area contributed by atoms with Gasteiger partial charge in [0.25, 0.3) is 0 Å². The van der Waals surface area contributed by atoms with Crippen LogP contribution in [0.3, 0.4) is 0 Å². The number of nitrogens with one attached hydrogen (secondary N) is 1. The molecule has 0 saturated heterocycles. The molecule has 0 aliphatic heterocycles. The third-order valence-electron chi connectivity index (χ3n) is 1.57. The molecule has 0 bridgehead atoms. The van der Waals surface area contributed by atoms with Crippen LogP contribution in [0.5, 0.6) is 0 Å². The summed E-state index contributed by atoms with van der Waals surface area (Å²) in [7, 11) is 0. The first-order valence-electron chi connectivity index (χ1n) is 4.68. The molecule has 84 valence electrons. The summed E-state index contributed by atoms with van der Waals surface area (Å²) in [4.78, 5) is 32.5. The van der Waals surface area contributed by atoms with E-state index in [2.05, 4.69) is 5.32 Å². The molecule has 0 aromatic heterocycles. The van der Waals surface area contributed by atoms with Crippen molar-refractivity contribution >= 4 is 17.7 Å². The van der Waals surface area contributed by atoms with Gasteiger partial charge in [0.05, 0.1) is 0 Å². The number of amides is 1. The van der Waals surface area contributed by atoms with Gasteiger partial charge in [-0.15, -0.1) is 0 Å². The standard InChI is InChI=1S/C10H15NO4/c1-3-4-11-9(13)6-8(10(14)15)5-7(2)12/h6H,3-5H2,1-2H3,(H,11,13)(H,14,15)/b8-6-. The molecule has 0 atom stereocenters. The van der Waals surface area contributed by atoms with Crippen LogP contribution in [-0.2, 0) is 14.4 Å². The van der Waals surface area contributed by atoms with Crippen LogP contribution < -0.4 is 5.32 Å². The first-order valence-corrected chi connectivity index (χ1v) is 4.68. The molecule has 0 heterocycles. The maximum atomic E-state index is 11.1. The topological polar surface area (TPSA) is 83.5 Å². The fraction of sp³-hybridized carbons (Fsp3) is 0.500. The zero-order valence-electron chi connectivity index (χ0n) is 8.87. The third kappa shape index (κ3) is 6.42. The molecular weight excluding hydrogens is 198 g/mol. The van der Waals surface area contributed by atoms with E-state index in [1.54, 1.807) is 0 Å². The summed E-state index contributed by atoms with van der Waals surface area (Å²) in [5.41, 5.74) is -0.184. The van der Waals surface area contributed by atoms with Gasteiger partial charge in [-0.05, 0) is 13.3 Å². The van der Waals surface area contributed by atoms with Gasteiger partial charge in [0.1, 0.15) is 5.78 Å². The Bertz CT molecular complexity index is 294. The van der Waals surface area contributed by atoms with E-state index >= 15 is 0 Å². The van der Waals surface area contributed by atoms with Gasteiger partial charge in [0.15, 0.2) is 0 Å². The number of ketones is 1. The number of carbonyl (C=O) groups excluding carboxylic acids is 2. The zero-order valence-corrected chi connectivity index (χ0v) is 8.87. The minimum atomic E-state index is -1.24. The molecule has 0 aromatic rings. The molecule has 0 rings (SSSR count). The lowest BCUT2D eigenvalue weighted by Crippen LogP contribution is -2.23. The van der Waals surface area contributed by atoms with Crippen LogP contribution in [0, 0.1) is 0 Å². The van der Waals surface area contributed by atoms with Gasteiger partial charge in [-0.25, -0.2) is 4.79 Å². The van der Waals surface area contributed by atoms with Crippen molar-refractivity contribution in [3.05, 3.63) is 11.6 Å². The first-order chi connectivity index (χ1) is 6.97. The summed E-state index contributed by atoms with van der Waals surface area (Å²) in [6.07, 6.45) is 1.50. The van der Waals surface area contributed by atoms with Gasteiger partial charge in [-0.2, -0.15) is 0 Å². The van der Waals surface area contributed by atoms with Crippen molar-refractivity contribution in [1.82, 2.24) is 5.32 Å². The van der Waals surface area contributed by atoms with Crippen molar-refractivity contribution < 1.29 is 19.5 Å². The van der Waals surface area contributed by atoms with E-state index in [1.807, 2.05) is 6.92 Å². The van der Waals surface area contributed by atoms with E-state index in [9.17, 15) is 14.4 Å². The van der Waals surface area contributed by atoms with Crippen LogP contribution >= 0.6 is 0 Å². The number of carbonyl (C=O) groups is 3. The van der Waals surface area contributed by atoms with E-state index in [-0.39, 0.29) is 17.8 Å². The first kappa shape index (κ1) is 13.4. The van der Waals surface area contributed by atoms with Crippen molar-refractivity contribution in [3.63, 3.8) is 0 Å². The maximum absolute atomic E-state index is 11.1. The van der Waals surface area contributed by atoms with E-state index in [4.69, 9.17) is 5.11 Å². The van der Waals surface area contributed by atoms with Crippen molar-refractivity contribution in [2.45, 2.75) is 26.7 Å². The van der Waals surface area contributed by atoms with Crippen LogP contribution in [0.2, 0.25) is 0 Å². The Hall–Kier alpha value is -1.65. The molecule has 0 aromatic carbocycles. The second-order valence-corrected chi connectivity index (χ2v) is 3.14. The second-order valence-electron chi connectivity index (χ2n) is 3.14. The lowest BCUT2D eigenvalue weighted by Gasteiger charge is -2.01.